The third kappa shape index (κ3) is 4.19. The van der Waals surface area contributed by atoms with Gasteiger partial charge in [0.05, 0.1) is 17.2 Å². The molecular formula is C25H23N5O3. The van der Waals surface area contributed by atoms with Gasteiger partial charge in [-0.05, 0) is 37.1 Å². The maximum Gasteiger partial charge on any atom is 0.256 e. The summed E-state index contributed by atoms with van der Waals surface area (Å²) in [6.45, 7) is 2.74. The summed E-state index contributed by atoms with van der Waals surface area (Å²) >= 11 is 0. The Morgan fingerprint density at radius 1 is 1.06 bits per heavy atom. The molecule has 8 nitrogen and oxygen atoms in total. The highest BCUT2D eigenvalue weighted by Crippen LogP contribution is 2.29. The average Bonchev–Trinajstić information content (AvgIpc) is 3.30. The van der Waals surface area contributed by atoms with Gasteiger partial charge in [-0.15, -0.1) is 0 Å². The molecule has 1 N–H and O–H groups in total. The van der Waals surface area contributed by atoms with Crippen LogP contribution in [-0.4, -0.2) is 51.0 Å². The first-order chi connectivity index (χ1) is 16.1. The molecule has 0 radical (unpaired) electrons. The summed E-state index contributed by atoms with van der Waals surface area (Å²) in [4.78, 5) is 36.6. The minimum Gasteiger partial charge on any atom is -0.361 e. The second-order valence-electron chi connectivity index (χ2n) is 8.19. The molecule has 0 unspecified atom stereocenters. The molecule has 1 aliphatic rings. The van der Waals surface area contributed by atoms with Crippen LogP contribution < -0.4 is 5.32 Å². The lowest BCUT2D eigenvalue weighted by molar-refractivity contribution is 0.0671. The van der Waals surface area contributed by atoms with E-state index in [1.807, 2.05) is 41.3 Å². The topological polar surface area (TPSA) is 101 Å². The van der Waals surface area contributed by atoms with Gasteiger partial charge >= 0.3 is 0 Å². The quantitative estimate of drug-likeness (QED) is 0.521. The molecule has 1 saturated heterocycles. The Balaban J connectivity index is 1.39. The lowest BCUT2D eigenvalue weighted by atomic mass is 9.85. The van der Waals surface area contributed by atoms with Gasteiger partial charge in [-0.2, -0.15) is 0 Å². The fourth-order valence-electron chi connectivity index (χ4n) is 4.39. The molecule has 2 amide bonds. The number of hydrogen-bond donors (Lipinski definition) is 1. The molecular weight excluding hydrogens is 418 g/mol. The number of aromatic nitrogens is 3. The number of rotatable bonds is 4. The number of carbonyl (C=O) groups excluding carboxylic acids is 2. The van der Waals surface area contributed by atoms with Crippen molar-refractivity contribution >= 4 is 22.8 Å². The monoisotopic (exact) mass is 441 g/mol. The Bertz CT molecular complexity index is 1300. The van der Waals surface area contributed by atoms with Crippen molar-refractivity contribution in [2.24, 2.45) is 0 Å². The fourth-order valence-corrected chi connectivity index (χ4v) is 4.39. The number of likely N-dealkylation sites (tertiary alicyclic amines) is 1. The van der Waals surface area contributed by atoms with E-state index in [0.717, 1.165) is 11.1 Å². The number of fused-ring (bicyclic) bond motifs is 1. The molecule has 33 heavy (non-hydrogen) atoms. The number of aryl methyl sites for hydroxylation is 1. The van der Waals surface area contributed by atoms with Gasteiger partial charge in [0.25, 0.3) is 11.8 Å². The first-order valence-electron chi connectivity index (χ1n) is 10.9. The van der Waals surface area contributed by atoms with Gasteiger partial charge < -0.3 is 14.7 Å². The molecule has 166 valence electrons. The standard InChI is InChI=1S/C25H23N5O3/c1-16-19(14-28-33-16)24(31)29-21-9-12-30(15-20(21)17-5-3-2-4-6-17)25(32)18-7-8-22-23(13-18)27-11-10-26-22/h2-8,10-11,13-14,20-21H,9,12,15H2,1H3,(H,29,31)/t20-,21-/m1/s1. The predicted octanol–water partition coefficient (Wildman–Crippen LogP) is 3.35. The Hall–Kier alpha value is -4.07. The summed E-state index contributed by atoms with van der Waals surface area (Å²) in [6.07, 6.45) is 5.32. The SMILES string of the molecule is Cc1oncc1C(=O)N[C@@H]1CCN(C(=O)c2ccc3nccnc3c2)C[C@@H]1c1ccccc1. The Morgan fingerprint density at radius 3 is 2.61 bits per heavy atom. The van der Waals surface area contributed by atoms with E-state index in [-0.39, 0.29) is 23.8 Å². The van der Waals surface area contributed by atoms with E-state index in [4.69, 9.17) is 4.52 Å². The molecule has 0 aliphatic carbocycles. The van der Waals surface area contributed by atoms with Crippen molar-refractivity contribution in [3.63, 3.8) is 0 Å². The van der Waals surface area contributed by atoms with Crippen LogP contribution in [0, 0.1) is 6.92 Å². The molecule has 0 saturated carbocycles. The molecule has 4 aromatic rings. The second-order valence-corrected chi connectivity index (χ2v) is 8.19. The summed E-state index contributed by atoms with van der Waals surface area (Å²) in [6, 6.07) is 15.2. The number of hydrogen-bond acceptors (Lipinski definition) is 6. The molecule has 2 aromatic carbocycles. The van der Waals surface area contributed by atoms with Crippen molar-refractivity contribution in [3.05, 3.63) is 89.6 Å². The Labute approximate surface area is 190 Å². The molecule has 8 heteroatoms. The van der Waals surface area contributed by atoms with Gasteiger partial charge in [0.1, 0.15) is 11.3 Å². The van der Waals surface area contributed by atoms with Gasteiger partial charge in [-0.1, -0.05) is 35.5 Å². The van der Waals surface area contributed by atoms with Crippen LogP contribution in [0.1, 0.15) is 44.4 Å². The summed E-state index contributed by atoms with van der Waals surface area (Å²) in [5.74, 6) is 0.166. The maximum absolute atomic E-state index is 13.4. The van der Waals surface area contributed by atoms with Gasteiger partial charge in [0, 0.05) is 43.0 Å². The summed E-state index contributed by atoms with van der Waals surface area (Å²) < 4.78 is 5.04. The van der Waals surface area contributed by atoms with E-state index in [9.17, 15) is 9.59 Å². The van der Waals surface area contributed by atoms with Gasteiger partial charge in [0.2, 0.25) is 0 Å². The van der Waals surface area contributed by atoms with Gasteiger partial charge in [-0.25, -0.2) is 0 Å². The van der Waals surface area contributed by atoms with Gasteiger partial charge in [-0.3, -0.25) is 19.6 Å². The highest BCUT2D eigenvalue weighted by molar-refractivity contribution is 5.97. The normalized spacial score (nSPS) is 18.3. The lowest BCUT2D eigenvalue weighted by Gasteiger charge is -2.39. The first-order valence-corrected chi connectivity index (χ1v) is 10.9. The minimum atomic E-state index is -0.215. The summed E-state index contributed by atoms with van der Waals surface area (Å²) in [5.41, 5.74) is 3.53. The molecule has 5 rings (SSSR count). The third-order valence-electron chi connectivity index (χ3n) is 6.16. The second kappa shape index (κ2) is 8.82. The van der Waals surface area contributed by atoms with Crippen molar-refractivity contribution in [3.8, 4) is 0 Å². The number of piperidine rings is 1. The molecule has 2 aromatic heterocycles. The predicted molar refractivity (Wildman–Crippen MR) is 122 cm³/mol. The molecule has 0 spiro atoms. The van der Waals surface area contributed by atoms with Crippen molar-refractivity contribution in [1.82, 2.24) is 25.3 Å². The Morgan fingerprint density at radius 2 is 1.85 bits per heavy atom. The summed E-state index contributed by atoms with van der Waals surface area (Å²) in [7, 11) is 0. The number of benzene rings is 2. The van der Waals surface area contributed by atoms with Crippen LogP contribution in [0.25, 0.3) is 11.0 Å². The largest absolute Gasteiger partial charge is 0.361 e. The molecule has 0 bridgehead atoms. The van der Waals surface area contributed by atoms with Crippen LogP contribution in [0.15, 0.2) is 71.6 Å². The van der Waals surface area contributed by atoms with E-state index in [1.54, 1.807) is 31.5 Å². The number of nitrogens with zero attached hydrogens (tertiary/aromatic N) is 4. The zero-order valence-electron chi connectivity index (χ0n) is 18.1. The zero-order chi connectivity index (χ0) is 22.8. The van der Waals surface area contributed by atoms with Crippen molar-refractivity contribution < 1.29 is 14.1 Å². The highest BCUT2D eigenvalue weighted by Gasteiger charge is 2.34. The zero-order valence-corrected chi connectivity index (χ0v) is 18.1. The number of carbonyl (C=O) groups is 2. The molecule has 3 heterocycles. The van der Waals surface area contributed by atoms with Crippen LogP contribution in [0.5, 0.6) is 0 Å². The number of amides is 2. The van der Waals surface area contributed by atoms with E-state index in [0.29, 0.717) is 41.9 Å². The van der Waals surface area contributed by atoms with Crippen LogP contribution in [0.3, 0.4) is 0 Å². The van der Waals surface area contributed by atoms with Crippen LogP contribution in [-0.2, 0) is 0 Å². The van der Waals surface area contributed by atoms with Crippen molar-refractivity contribution in [2.45, 2.75) is 25.3 Å². The van der Waals surface area contributed by atoms with Crippen molar-refractivity contribution in [2.75, 3.05) is 13.1 Å². The molecule has 1 fully saturated rings. The summed E-state index contributed by atoms with van der Waals surface area (Å²) in [5, 5.41) is 6.84. The molecule has 2 atom stereocenters. The number of nitrogens with one attached hydrogen (secondary N) is 1. The van der Waals surface area contributed by atoms with E-state index in [1.165, 1.54) is 6.20 Å². The fraction of sp³-hybridized carbons (Fsp3) is 0.240. The first kappa shape index (κ1) is 20.8. The van der Waals surface area contributed by atoms with Crippen LogP contribution in [0.4, 0.5) is 0 Å². The Kier molecular flexibility index (Phi) is 5.56. The van der Waals surface area contributed by atoms with Crippen LogP contribution in [0.2, 0.25) is 0 Å². The molecule has 1 aliphatic heterocycles. The van der Waals surface area contributed by atoms with E-state index < -0.39 is 0 Å². The third-order valence-corrected chi connectivity index (χ3v) is 6.16. The average molecular weight is 441 g/mol. The lowest BCUT2D eigenvalue weighted by Crippen LogP contribution is -2.51. The van der Waals surface area contributed by atoms with E-state index in [2.05, 4.69) is 20.4 Å². The van der Waals surface area contributed by atoms with Gasteiger partial charge in [0.15, 0.2) is 0 Å². The highest BCUT2D eigenvalue weighted by atomic mass is 16.5. The minimum absolute atomic E-state index is 0.0479. The van der Waals surface area contributed by atoms with Crippen LogP contribution >= 0.6 is 0 Å². The van der Waals surface area contributed by atoms with E-state index >= 15 is 0 Å². The maximum atomic E-state index is 13.4. The smallest absolute Gasteiger partial charge is 0.256 e. The van der Waals surface area contributed by atoms with Crippen molar-refractivity contribution in [1.29, 1.82) is 0 Å².